The van der Waals surface area contributed by atoms with Gasteiger partial charge in [0.05, 0.1) is 0 Å². The molecule has 2 aromatic rings. The van der Waals surface area contributed by atoms with Gasteiger partial charge in [-0.25, -0.2) is 0 Å². The number of hydrogen-bond donors (Lipinski definition) is 0. The van der Waals surface area contributed by atoms with Crippen molar-refractivity contribution in [3.05, 3.63) is 46.6 Å². The molecule has 0 amide bonds. The Morgan fingerprint density at radius 1 is 1.22 bits per heavy atom. The van der Waals surface area contributed by atoms with Crippen molar-refractivity contribution in [3.63, 3.8) is 0 Å². The van der Waals surface area contributed by atoms with Gasteiger partial charge in [0.2, 0.25) is 0 Å². The number of halogens is 1. The maximum Gasteiger partial charge on any atom is 0.156 e. The van der Waals surface area contributed by atoms with E-state index in [2.05, 4.69) is 18.0 Å². The first-order valence-electron chi connectivity index (χ1n) is 8.34. The van der Waals surface area contributed by atoms with Gasteiger partial charge >= 0.3 is 0 Å². The smallest absolute Gasteiger partial charge is 0.156 e. The van der Waals surface area contributed by atoms with Gasteiger partial charge < -0.3 is 9.64 Å². The molecule has 124 valence electrons. The molecule has 1 atom stereocenters. The van der Waals surface area contributed by atoms with Crippen LogP contribution in [0.4, 0.5) is 5.82 Å². The van der Waals surface area contributed by atoms with Crippen molar-refractivity contribution in [2.75, 3.05) is 24.6 Å². The Hall–Kier alpha value is -1.52. The zero-order valence-corrected chi connectivity index (χ0v) is 14.6. The minimum atomic E-state index is -0.100. The molecule has 23 heavy (non-hydrogen) atoms. The van der Waals surface area contributed by atoms with Gasteiger partial charge in [0.25, 0.3) is 0 Å². The molecule has 0 N–H and O–H groups in total. The van der Waals surface area contributed by atoms with E-state index in [0.717, 1.165) is 48.1 Å². The van der Waals surface area contributed by atoms with Crippen LogP contribution in [-0.4, -0.2) is 29.5 Å². The van der Waals surface area contributed by atoms with Crippen LogP contribution in [0.25, 0.3) is 0 Å². The fourth-order valence-corrected chi connectivity index (χ4v) is 3.22. The van der Waals surface area contributed by atoms with Crippen LogP contribution in [0.15, 0.2) is 30.5 Å². The number of hydrogen-bond acceptors (Lipinski definition) is 3. The highest BCUT2D eigenvalue weighted by Crippen LogP contribution is 2.34. The maximum absolute atomic E-state index is 6.19. The molecule has 1 unspecified atom stereocenters. The summed E-state index contributed by atoms with van der Waals surface area (Å²) in [7, 11) is 1.97. The summed E-state index contributed by atoms with van der Waals surface area (Å²) in [5.41, 5.74) is 2.27. The van der Waals surface area contributed by atoms with Crippen LogP contribution < -0.4 is 4.90 Å². The SMILES string of the molecule is CCCOC(c1ccc(Cl)cc1)c1cn(C)nc1N1CCCC1. The predicted molar refractivity (Wildman–Crippen MR) is 94.2 cm³/mol. The number of aryl methyl sites for hydroxylation is 1. The van der Waals surface area contributed by atoms with Crippen LogP contribution >= 0.6 is 11.6 Å². The Labute approximate surface area is 143 Å². The van der Waals surface area contributed by atoms with Crippen LogP contribution in [0.5, 0.6) is 0 Å². The molecule has 1 aromatic carbocycles. The average Bonchev–Trinajstić information content (AvgIpc) is 3.19. The first-order chi connectivity index (χ1) is 11.2. The first kappa shape index (κ1) is 16.3. The van der Waals surface area contributed by atoms with Crippen molar-refractivity contribution >= 4 is 17.4 Å². The lowest BCUT2D eigenvalue weighted by molar-refractivity contribution is 0.0808. The average molecular weight is 334 g/mol. The summed E-state index contributed by atoms with van der Waals surface area (Å²) in [6, 6.07) is 7.93. The second-order valence-corrected chi connectivity index (χ2v) is 6.51. The molecule has 3 rings (SSSR count). The highest BCUT2D eigenvalue weighted by molar-refractivity contribution is 6.30. The summed E-state index contributed by atoms with van der Waals surface area (Å²) in [6.45, 7) is 5.00. The highest BCUT2D eigenvalue weighted by atomic mass is 35.5. The molecular formula is C18H24ClN3O. The van der Waals surface area contributed by atoms with Crippen molar-refractivity contribution in [2.24, 2.45) is 7.05 Å². The van der Waals surface area contributed by atoms with Gasteiger partial charge in [-0.3, -0.25) is 4.68 Å². The Balaban J connectivity index is 1.97. The van der Waals surface area contributed by atoms with E-state index in [-0.39, 0.29) is 6.10 Å². The summed E-state index contributed by atoms with van der Waals surface area (Å²) in [6.07, 6.45) is 5.44. The minimum Gasteiger partial charge on any atom is -0.369 e. The summed E-state index contributed by atoms with van der Waals surface area (Å²) in [5.74, 6) is 1.06. The van der Waals surface area contributed by atoms with Crippen molar-refractivity contribution < 1.29 is 4.74 Å². The molecule has 0 radical (unpaired) electrons. The van der Waals surface area contributed by atoms with Gasteiger partial charge in [-0.05, 0) is 37.0 Å². The van der Waals surface area contributed by atoms with Crippen molar-refractivity contribution in [1.29, 1.82) is 0 Å². The molecule has 1 aliphatic rings. The number of ether oxygens (including phenoxy) is 1. The lowest BCUT2D eigenvalue weighted by atomic mass is 10.0. The second-order valence-electron chi connectivity index (χ2n) is 6.08. The number of aromatic nitrogens is 2. The predicted octanol–water partition coefficient (Wildman–Crippen LogP) is 4.19. The van der Waals surface area contributed by atoms with Crippen LogP contribution in [0.3, 0.4) is 0 Å². The maximum atomic E-state index is 6.19. The van der Waals surface area contributed by atoms with Crippen molar-refractivity contribution in [1.82, 2.24) is 9.78 Å². The van der Waals surface area contributed by atoms with Crippen LogP contribution in [0, 0.1) is 0 Å². The van der Waals surface area contributed by atoms with E-state index in [1.54, 1.807) is 0 Å². The molecule has 5 heteroatoms. The molecule has 1 aromatic heterocycles. The summed E-state index contributed by atoms with van der Waals surface area (Å²) in [4.78, 5) is 2.37. The van der Waals surface area contributed by atoms with Crippen molar-refractivity contribution in [3.8, 4) is 0 Å². The Morgan fingerprint density at radius 3 is 2.57 bits per heavy atom. The normalized spacial score (nSPS) is 16.0. The van der Waals surface area contributed by atoms with Gasteiger partial charge in [-0.15, -0.1) is 0 Å². The summed E-state index contributed by atoms with van der Waals surface area (Å²) < 4.78 is 8.08. The minimum absolute atomic E-state index is 0.100. The van der Waals surface area contributed by atoms with E-state index in [1.807, 2.05) is 36.0 Å². The van der Waals surface area contributed by atoms with Crippen LogP contribution in [0.2, 0.25) is 5.02 Å². The van der Waals surface area contributed by atoms with E-state index in [0.29, 0.717) is 0 Å². The molecule has 2 heterocycles. The molecular weight excluding hydrogens is 310 g/mol. The molecule has 1 aliphatic heterocycles. The van der Waals surface area contributed by atoms with Gasteiger partial charge in [0, 0.05) is 43.5 Å². The van der Waals surface area contributed by atoms with Crippen molar-refractivity contribution in [2.45, 2.75) is 32.3 Å². The third-order valence-corrected chi connectivity index (χ3v) is 4.44. The van der Waals surface area contributed by atoms with Gasteiger partial charge in [-0.2, -0.15) is 5.10 Å². The Kier molecular flexibility index (Phi) is 5.23. The van der Waals surface area contributed by atoms with E-state index in [1.165, 1.54) is 12.8 Å². The van der Waals surface area contributed by atoms with Crippen LogP contribution in [0.1, 0.15) is 43.4 Å². The van der Waals surface area contributed by atoms with E-state index in [4.69, 9.17) is 21.4 Å². The summed E-state index contributed by atoms with van der Waals surface area (Å²) in [5, 5.41) is 5.45. The Morgan fingerprint density at radius 2 is 1.91 bits per heavy atom. The summed E-state index contributed by atoms with van der Waals surface area (Å²) >= 11 is 6.04. The number of rotatable bonds is 6. The fourth-order valence-electron chi connectivity index (χ4n) is 3.09. The lowest BCUT2D eigenvalue weighted by Crippen LogP contribution is -2.21. The quantitative estimate of drug-likeness (QED) is 0.794. The largest absolute Gasteiger partial charge is 0.369 e. The molecule has 0 aliphatic carbocycles. The number of nitrogens with zero attached hydrogens (tertiary/aromatic N) is 3. The van der Waals surface area contributed by atoms with Crippen LogP contribution in [-0.2, 0) is 11.8 Å². The van der Waals surface area contributed by atoms with E-state index >= 15 is 0 Å². The van der Waals surface area contributed by atoms with E-state index < -0.39 is 0 Å². The number of anilines is 1. The van der Waals surface area contributed by atoms with Gasteiger partial charge in [0.1, 0.15) is 6.10 Å². The monoisotopic (exact) mass is 333 g/mol. The molecule has 4 nitrogen and oxygen atoms in total. The topological polar surface area (TPSA) is 30.3 Å². The zero-order chi connectivity index (χ0) is 16.2. The van der Waals surface area contributed by atoms with Gasteiger partial charge in [-0.1, -0.05) is 30.7 Å². The second kappa shape index (κ2) is 7.37. The highest BCUT2D eigenvalue weighted by Gasteiger charge is 2.26. The fraction of sp³-hybridized carbons (Fsp3) is 0.500. The third kappa shape index (κ3) is 3.70. The lowest BCUT2D eigenvalue weighted by Gasteiger charge is -2.22. The van der Waals surface area contributed by atoms with E-state index in [9.17, 15) is 0 Å². The standard InChI is InChI=1S/C18H24ClN3O/c1-3-12-23-17(14-6-8-15(19)9-7-14)16-13-21(2)20-18(16)22-10-4-5-11-22/h6-9,13,17H,3-5,10-12H2,1-2H3. The molecule has 1 fully saturated rings. The Bertz CT molecular complexity index is 632. The third-order valence-electron chi connectivity index (χ3n) is 4.19. The first-order valence-corrected chi connectivity index (χ1v) is 8.72. The molecule has 0 bridgehead atoms. The number of benzene rings is 1. The van der Waals surface area contributed by atoms with Gasteiger partial charge in [0.15, 0.2) is 5.82 Å². The molecule has 0 spiro atoms. The zero-order valence-electron chi connectivity index (χ0n) is 13.8. The molecule has 1 saturated heterocycles. The molecule has 0 saturated carbocycles.